The Morgan fingerprint density at radius 1 is 1.26 bits per heavy atom. The van der Waals surface area contributed by atoms with Crippen LogP contribution in [0.5, 0.6) is 11.5 Å². The number of phenolic OH excluding ortho intramolecular Hbond substituents is 2. The summed E-state index contributed by atoms with van der Waals surface area (Å²) in [5.74, 6) is -0.340. The standard InChI is InChI=1S/C15H22NO3/c1-15(2,3)8-6-14(19)16-9-7-11-4-5-12(17)13(18)10-11/h4-6,10,17-18H,7-9H2,1-3H3,(H,16,19). The van der Waals surface area contributed by atoms with Crippen molar-refractivity contribution in [2.75, 3.05) is 6.54 Å². The van der Waals surface area contributed by atoms with Gasteiger partial charge in [-0.2, -0.15) is 0 Å². The molecule has 0 aliphatic carbocycles. The molecule has 0 heterocycles. The summed E-state index contributed by atoms with van der Waals surface area (Å²) < 4.78 is 0. The normalized spacial score (nSPS) is 11.3. The van der Waals surface area contributed by atoms with E-state index in [1.807, 2.05) is 0 Å². The lowest BCUT2D eigenvalue weighted by molar-refractivity contribution is -0.118. The first kappa shape index (κ1) is 15.3. The topological polar surface area (TPSA) is 69.6 Å². The number of rotatable bonds is 5. The smallest absolute Gasteiger partial charge is 0.223 e. The van der Waals surface area contributed by atoms with Gasteiger partial charge in [0.2, 0.25) is 5.91 Å². The number of nitrogens with one attached hydrogen (secondary N) is 1. The Hall–Kier alpha value is -1.71. The van der Waals surface area contributed by atoms with Gasteiger partial charge in [0, 0.05) is 6.54 Å². The molecule has 0 saturated heterocycles. The van der Waals surface area contributed by atoms with Crippen molar-refractivity contribution in [3.63, 3.8) is 0 Å². The van der Waals surface area contributed by atoms with E-state index >= 15 is 0 Å². The summed E-state index contributed by atoms with van der Waals surface area (Å²) in [5, 5.41) is 21.3. The maximum absolute atomic E-state index is 11.5. The molecule has 0 saturated carbocycles. The van der Waals surface area contributed by atoms with Gasteiger partial charge in [0.1, 0.15) is 0 Å². The van der Waals surface area contributed by atoms with Gasteiger partial charge in [-0.3, -0.25) is 4.79 Å². The third kappa shape index (κ3) is 6.13. The number of carbonyl (C=O) groups is 1. The lowest BCUT2D eigenvalue weighted by Crippen LogP contribution is -2.27. The number of aromatic hydroxyl groups is 2. The van der Waals surface area contributed by atoms with Gasteiger partial charge in [0.05, 0.1) is 6.42 Å². The fourth-order valence-corrected chi connectivity index (χ4v) is 1.53. The zero-order valence-electron chi connectivity index (χ0n) is 11.7. The fraction of sp³-hybridized carbons (Fsp3) is 0.467. The number of carbonyl (C=O) groups excluding carboxylic acids is 1. The van der Waals surface area contributed by atoms with Gasteiger partial charge in [-0.15, -0.1) is 0 Å². The maximum Gasteiger partial charge on any atom is 0.223 e. The van der Waals surface area contributed by atoms with Crippen molar-refractivity contribution >= 4 is 5.91 Å². The van der Waals surface area contributed by atoms with Crippen molar-refractivity contribution in [2.24, 2.45) is 5.41 Å². The first-order valence-corrected chi connectivity index (χ1v) is 6.40. The van der Waals surface area contributed by atoms with Crippen LogP contribution in [0.1, 0.15) is 32.8 Å². The van der Waals surface area contributed by atoms with Crippen LogP contribution in [0.4, 0.5) is 0 Å². The van der Waals surface area contributed by atoms with Crippen molar-refractivity contribution in [2.45, 2.75) is 33.6 Å². The highest BCUT2D eigenvalue weighted by Crippen LogP contribution is 2.24. The molecule has 4 heteroatoms. The van der Waals surface area contributed by atoms with Gasteiger partial charge in [-0.05, 0) is 36.0 Å². The number of hydrogen-bond donors (Lipinski definition) is 3. The first-order chi connectivity index (χ1) is 8.78. The molecule has 0 atom stereocenters. The fourth-order valence-electron chi connectivity index (χ4n) is 1.53. The second kappa shape index (κ2) is 6.45. The van der Waals surface area contributed by atoms with Crippen molar-refractivity contribution in [1.82, 2.24) is 5.32 Å². The monoisotopic (exact) mass is 264 g/mol. The Balaban J connectivity index is 2.30. The van der Waals surface area contributed by atoms with Gasteiger partial charge in [0.25, 0.3) is 0 Å². The SMILES string of the molecule is CC(C)(C)C[CH]C(=O)NCCc1ccc(O)c(O)c1. The van der Waals surface area contributed by atoms with Crippen LogP contribution in [0.25, 0.3) is 0 Å². The lowest BCUT2D eigenvalue weighted by Gasteiger charge is -2.17. The molecule has 4 nitrogen and oxygen atoms in total. The molecule has 0 aliphatic rings. The van der Waals surface area contributed by atoms with E-state index in [2.05, 4.69) is 26.1 Å². The molecule has 105 valence electrons. The highest BCUT2D eigenvalue weighted by Gasteiger charge is 2.12. The molecule has 19 heavy (non-hydrogen) atoms. The number of benzene rings is 1. The Kier molecular flexibility index (Phi) is 5.21. The quantitative estimate of drug-likeness (QED) is 0.715. The highest BCUT2D eigenvalue weighted by atomic mass is 16.3. The van der Waals surface area contributed by atoms with Gasteiger partial charge < -0.3 is 15.5 Å². The predicted octanol–water partition coefficient (Wildman–Crippen LogP) is 2.40. The number of phenols is 2. The van der Waals surface area contributed by atoms with Gasteiger partial charge in [0.15, 0.2) is 11.5 Å². The Morgan fingerprint density at radius 3 is 2.53 bits per heavy atom. The van der Waals surface area contributed by atoms with Crippen LogP contribution in [-0.4, -0.2) is 22.7 Å². The third-order valence-corrected chi connectivity index (χ3v) is 2.65. The summed E-state index contributed by atoms with van der Waals surface area (Å²) in [4.78, 5) is 11.5. The molecule has 1 aromatic carbocycles. The average Bonchev–Trinajstić information content (AvgIpc) is 2.30. The summed E-state index contributed by atoms with van der Waals surface area (Å²) in [6.07, 6.45) is 3.01. The molecule has 0 aromatic heterocycles. The minimum absolute atomic E-state index is 0.0714. The van der Waals surface area contributed by atoms with E-state index < -0.39 is 0 Å². The molecule has 1 amide bonds. The molecule has 0 fully saturated rings. The predicted molar refractivity (Wildman–Crippen MR) is 74.9 cm³/mol. The summed E-state index contributed by atoms with van der Waals surface area (Å²) in [5.41, 5.74) is 0.978. The Bertz CT molecular complexity index is 436. The van der Waals surface area contributed by atoms with E-state index in [4.69, 9.17) is 0 Å². The second-order valence-corrected chi connectivity index (χ2v) is 5.83. The molecular weight excluding hydrogens is 242 g/mol. The summed E-state index contributed by atoms with van der Waals surface area (Å²) in [6.45, 7) is 6.74. The number of hydrogen-bond acceptors (Lipinski definition) is 3. The summed E-state index contributed by atoms with van der Waals surface area (Å²) >= 11 is 0. The molecular formula is C15H22NO3. The molecule has 1 radical (unpaired) electrons. The van der Waals surface area contributed by atoms with Gasteiger partial charge >= 0.3 is 0 Å². The molecule has 0 unspecified atom stereocenters. The van der Waals surface area contributed by atoms with Crippen LogP contribution >= 0.6 is 0 Å². The zero-order valence-corrected chi connectivity index (χ0v) is 11.7. The average molecular weight is 264 g/mol. The van der Waals surface area contributed by atoms with Gasteiger partial charge in [-0.1, -0.05) is 26.8 Å². The van der Waals surface area contributed by atoms with E-state index in [1.54, 1.807) is 12.5 Å². The molecule has 0 bridgehead atoms. The molecule has 3 N–H and O–H groups in total. The molecule has 0 aliphatic heterocycles. The van der Waals surface area contributed by atoms with E-state index in [0.29, 0.717) is 13.0 Å². The van der Waals surface area contributed by atoms with E-state index in [0.717, 1.165) is 12.0 Å². The van der Waals surface area contributed by atoms with Crippen LogP contribution < -0.4 is 5.32 Å². The minimum Gasteiger partial charge on any atom is -0.504 e. The van der Waals surface area contributed by atoms with Crippen molar-refractivity contribution in [3.05, 3.63) is 30.2 Å². The van der Waals surface area contributed by atoms with Crippen LogP contribution in [0.2, 0.25) is 0 Å². The zero-order chi connectivity index (χ0) is 14.5. The second-order valence-electron chi connectivity index (χ2n) is 5.83. The maximum atomic E-state index is 11.5. The molecule has 1 rings (SSSR count). The number of amides is 1. The van der Waals surface area contributed by atoms with Crippen molar-refractivity contribution < 1.29 is 15.0 Å². The van der Waals surface area contributed by atoms with E-state index in [1.165, 1.54) is 12.1 Å². The van der Waals surface area contributed by atoms with Crippen LogP contribution in [0, 0.1) is 11.8 Å². The van der Waals surface area contributed by atoms with Gasteiger partial charge in [-0.25, -0.2) is 0 Å². The van der Waals surface area contributed by atoms with Crippen LogP contribution in [0.3, 0.4) is 0 Å². The van der Waals surface area contributed by atoms with E-state index in [9.17, 15) is 15.0 Å². The first-order valence-electron chi connectivity index (χ1n) is 6.40. The summed E-state index contributed by atoms with van der Waals surface area (Å²) in [7, 11) is 0. The van der Waals surface area contributed by atoms with Crippen molar-refractivity contribution in [1.29, 1.82) is 0 Å². The largest absolute Gasteiger partial charge is 0.504 e. The Morgan fingerprint density at radius 2 is 1.95 bits per heavy atom. The van der Waals surface area contributed by atoms with Crippen molar-refractivity contribution in [3.8, 4) is 11.5 Å². The highest BCUT2D eigenvalue weighted by molar-refractivity contribution is 5.84. The summed E-state index contributed by atoms with van der Waals surface area (Å²) in [6, 6.07) is 4.67. The van der Waals surface area contributed by atoms with Crippen LogP contribution in [0.15, 0.2) is 18.2 Å². The van der Waals surface area contributed by atoms with E-state index in [-0.39, 0.29) is 22.8 Å². The molecule has 1 aromatic rings. The lowest BCUT2D eigenvalue weighted by atomic mass is 9.90. The minimum atomic E-state index is -0.136. The van der Waals surface area contributed by atoms with Crippen LogP contribution in [-0.2, 0) is 11.2 Å². The Labute approximate surface area is 114 Å². The third-order valence-electron chi connectivity index (χ3n) is 2.65. The molecule has 0 spiro atoms.